The molecule has 0 aliphatic carbocycles. The molecule has 31 heavy (non-hydrogen) atoms. The molecule has 2 aromatic carbocycles. The van der Waals surface area contributed by atoms with Gasteiger partial charge in [-0.3, -0.25) is 14.9 Å². The number of benzene rings is 2. The van der Waals surface area contributed by atoms with Gasteiger partial charge in [0.25, 0.3) is 5.91 Å². The summed E-state index contributed by atoms with van der Waals surface area (Å²) < 4.78 is 5.66. The summed E-state index contributed by atoms with van der Waals surface area (Å²) in [6.07, 6.45) is 2.10. The molecule has 1 aliphatic rings. The van der Waals surface area contributed by atoms with Gasteiger partial charge in [0, 0.05) is 31.3 Å². The SMILES string of the molecule is CC(=O)NCc1ccc(C(=O)NC(=NCC2CCCO2)Nc2cc(C)ccc2C)cc1. The van der Waals surface area contributed by atoms with E-state index >= 15 is 0 Å². The molecule has 0 saturated carbocycles. The Morgan fingerprint density at radius 2 is 1.90 bits per heavy atom. The quantitative estimate of drug-likeness (QED) is 0.492. The number of ether oxygens (including phenoxy) is 1. The van der Waals surface area contributed by atoms with E-state index in [2.05, 4.69) is 20.9 Å². The average molecular weight is 423 g/mol. The van der Waals surface area contributed by atoms with Crippen molar-refractivity contribution in [3.8, 4) is 0 Å². The number of rotatable bonds is 6. The van der Waals surface area contributed by atoms with Crippen LogP contribution in [0.2, 0.25) is 0 Å². The first-order valence-corrected chi connectivity index (χ1v) is 10.6. The summed E-state index contributed by atoms with van der Waals surface area (Å²) in [5, 5.41) is 8.91. The van der Waals surface area contributed by atoms with Crippen molar-refractivity contribution in [1.29, 1.82) is 0 Å². The number of guanidine groups is 1. The van der Waals surface area contributed by atoms with Gasteiger partial charge < -0.3 is 15.4 Å². The summed E-state index contributed by atoms with van der Waals surface area (Å²) >= 11 is 0. The van der Waals surface area contributed by atoms with E-state index in [-0.39, 0.29) is 17.9 Å². The standard InChI is InChI=1S/C24H30N4O3/c1-16-6-7-17(2)22(13-16)27-24(26-15-21-5-4-12-31-21)28-23(30)20-10-8-19(9-11-20)14-25-18(3)29/h6-11,13,21H,4-5,12,14-15H2,1-3H3,(H,25,29)(H2,26,27,28,30). The maximum atomic E-state index is 12.8. The lowest BCUT2D eigenvalue weighted by Crippen LogP contribution is -2.37. The molecule has 7 nitrogen and oxygen atoms in total. The molecule has 1 unspecified atom stereocenters. The lowest BCUT2D eigenvalue weighted by atomic mass is 10.1. The van der Waals surface area contributed by atoms with E-state index in [4.69, 9.17) is 4.74 Å². The highest BCUT2D eigenvalue weighted by Crippen LogP contribution is 2.17. The fourth-order valence-corrected chi connectivity index (χ4v) is 3.27. The number of hydrogen-bond acceptors (Lipinski definition) is 4. The number of carbonyl (C=O) groups excluding carboxylic acids is 2. The van der Waals surface area contributed by atoms with Crippen molar-refractivity contribution in [2.75, 3.05) is 18.5 Å². The zero-order chi connectivity index (χ0) is 22.2. The maximum absolute atomic E-state index is 12.8. The summed E-state index contributed by atoms with van der Waals surface area (Å²) in [6, 6.07) is 13.2. The van der Waals surface area contributed by atoms with Crippen LogP contribution in [0.15, 0.2) is 47.5 Å². The molecular weight excluding hydrogens is 392 g/mol. The van der Waals surface area contributed by atoms with E-state index < -0.39 is 0 Å². The third-order valence-corrected chi connectivity index (χ3v) is 5.11. The van der Waals surface area contributed by atoms with Crippen molar-refractivity contribution in [3.63, 3.8) is 0 Å². The summed E-state index contributed by atoms with van der Waals surface area (Å²) in [5.74, 6) is 0.0536. The topological polar surface area (TPSA) is 91.8 Å². The van der Waals surface area contributed by atoms with E-state index in [9.17, 15) is 9.59 Å². The van der Waals surface area contributed by atoms with Gasteiger partial charge in [-0.1, -0.05) is 24.3 Å². The highest BCUT2D eigenvalue weighted by molar-refractivity contribution is 6.10. The van der Waals surface area contributed by atoms with E-state index in [0.29, 0.717) is 24.6 Å². The fourth-order valence-electron chi connectivity index (χ4n) is 3.27. The number of carbonyl (C=O) groups is 2. The minimum Gasteiger partial charge on any atom is -0.376 e. The molecular formula is C24H30N4O3. The molecule has 0 aromatic heterocycles. The molecule has 3 N–H and O–H groups in total. The molecule has 1 fully saturated rings. The molecule has 0 spiro atoms. The predicted octanol–water partition coefficient (Wildman–Crippen LogP) is 3.32. The van der Waals surface area contributed by atoms with Crippen LogP contribution in [0.4, 0.5) is 5.69 Å². The minimum absolute atomic E-state index is 0.0837. The zero-order valence-electron chi connectivity index (χ0n) is 18.3. The molecule has 1 heterocycles. The Morgan fingerprint density at radius 1 is 1.13 bits per heavy atom. The first-order chi connectivity index (χ1) is 14.9. The number of aliphatic imine (C=N–C) groups is 1. The Labute approximate surface area is 183 Å². The van der Waals surface area contributed by atoms with Gasteiger partial charge >= 0.3 is 0 Å². The second kappa shape index (κ2) is 10.7. The first kappa shape index (κ1) is 22.5. The molecule has 1 saturated heterocycles. The van der Waals surface area contributed by atoms with Crippen LogP contribution in [0.5, 0.6) is 0 Å². The minimum atomic E-state index is -0.255. The molecule has 1 atom stereocenters. The van der Waals surface area contributed by atoms with Gasteiger partial charge in [0.15, 0.2) is 0 Å². The lowest BCUT2D eigenvalue weighted by molar-refractivity contribution is -0.119. The summed E-state index contributed by atoms with van der Waals surface area (Å²) in [4.78, 5) is 28.5. The van der Waals surface area contributed by atoms with Crippen LogP contribution in [0.1, 0.15) is 46.8 Å². The van der Waals surface area contributed by atoms with Crippen molar-refractivity contribution in [2.45, 2.75) is 46.3 Å². The van der Waals surface area contributed by atoms with Crippen LogP contribution in [-0.4, -0.2) is 37.0 Å². The Balaban J connectivity index is 1.72. The van der Waals surface area contributed by atoms with Crippen LogP contribution >= 0.6 is 0 Å². The van der Waals surface area contributed by atoms with Gasteiger partial charge in [-0.2, -0.15) is 0 Å². The normalized spacial score (nSPS) is 16.1. The number of anilines is 1. The largest absolute Gasteiger partial charge is 0.376 e. The fraction of sp³-hybridized carbons (Fsp3) is 0.375. The maximum Gasteiger partial charge on any atom is 0.257 e. The van der Waals surface area contributed by atoms with Crippen LogP contribution in [0, 0.1) is 13.8 Å². The lowest BCUT2D eigenvalue weighted by Gasteiger charge is -2.15. The summed E-state index contributed by atoms with van der Waals surface area (Å²) in [7, 11) is 0. The first-order valence-electron chi connectivity index (χ1n) is 10.6. The Hall–Kier alpha value is -3.19. The van der Waals surface area contributed by atoms with Gasteiger partial charge in [0.2, 0.25) is 11.9 Å². The molecule has 7 heteroatoms. The van der Waals surface area contributed by atoms with E-state index in [1.807, 2.05) is 44.2 Å². The number of nitrogens with one attached hydrogen (secondary N) is 3. The number of nitrogens with zero attached hydrogens (tertiary/aromatic N) is 1. The Kier molecular flexibility index (Phi) is 7.78. The van der Waals surface area contributed by atoms with Gasteiger partial charge in [0.05, 0.1) is 12.6 Å². The predicted molar refractivity (Wildman–Crippen MR) is 122 cm³/mol. The van der Waals surface area contributed by atoms with Gasteiger partial charge in [-0.15, -0.1) is 0 Å². The van der Waals surface area contributed by atoms with Crippen molar-refractivity contribution in [1.82, 2.24) is 10.6 Å². The molecule has 1 aliphatic heterocycles. The van der Waals surface area contributed by atoms with Crippen LogP contribution in [0.3, 0.4) is 0 Å². The van der Waals surface area contributed by atoms with Crippen LogP contribution < -0.4 is 16.0 Å². The smallest absolute Gasteiger partial charge is 0.257 e. The highest BCUT2D eigenvalue weighted by Gasteiger charge is 2.16. The Morgan fingerprint density at radius 3 is 2.58 bits per heavy atom. The zero-order valence-corrected chi connectivity index (χ0v) is 18.3. The molecule has 164 valence electrons. The van der Waals surface area contributed by atoms with E-state index in [0.717, 1.165) is 41.8 Å². The number of amides is 2. The van der Waals surface area contributed by atoms with Crippen molar-refractivity contribution >= 4 is 23.5 Å². The summed E-state index contributed by atoms with van der Waals surface area (Å²) in [6.45, 7) is 7.19. The van der Waals surface area contributed by atoms with Crippen molar-refractivity contribution < 1.29 is 14.3 Å². The van der Waals surface area contributed by atoms with Gasteiger partial charge in [-0.05, 0) is 61.6 Å². The van der Waals surface area contributed by atoms with E-state index in [1.165, 1.54) is 6.92 Å². The van der Waals surface area contributed by atoms with Crippen molar-refractivity contribution in [2.24, 2.45) is 4.99 Å². The number of hydrogen-bond donors (Lipinski definition) is 3. The van der Waals surface area contributed by atoms with Gasteiger partial charge in [0.1, 0.15) is 0 Å². The second-order valence-corrected chi connectivity index (χ2v) is 7.83. The molecule has 2 amide bonds. The van der Waals surface area contributed by atoms with Gasteiger partial charge in [-0.25, -0.2) is 4.99 Å². The average Bonchev–Trinajstić information content (AvgIpc) is 3.27. The highest BCUT2D eigenvalue weighted by atomic mass is 16.5. The monoisotopic (exact) mass is 422 g/mol. The van der Waals surface area contributed by atoms with Crippen LogP contribution in [0.25, 0.3) is 0 Å². The molecule has 3 rings (SSSR count). The molecule has 0 radical (unpaired) electrons. The van der Waals surface area contributed by atoms with Crippen LogP contribution in [-0.2, 0) is 16.1 Å². The molecule has 0 bridgehead atoms. The van der Waals surface area contributed by atoms with E-state index in [1.54, 1.807) is 12.1 Å². The summed E-state index contributed by atoms with van der Waals surface area (Å²) in [5.41, 5.74) is 4.52. The van der Waals surface area contributed by atoms with Crippen molar-refractivity contribution in [3.05, 3.63) is 64.7 Å². The molecule has 2 aromatic rings. The second-order valence-electron chi connectivity index (χ2n) is 7.83. The third kappa shape index (κ3) is 6.93. The third-order valence-electron chi connectivity index (χ3n) is 5.11. The number of aryl methyl sites for hydroxylation is 2. The Bertz CT molecular complexity index is 948.